The molecule has 0 saturated heterocycles. The Bertz CT molecular complexity index is 1180. The molecule has 0 atom stereocenters. The number of carboxylic acids is 1. The fourth-order valence-corrected chi connectivity index (χ4v) is 2.89. The van der Waals surface area contributed by atoms with Gasteiger partial charge in [0.05, 0.1) is 11.3 Å². The van der Waals surface area contributed by atoms with Crippen LogP contribution in [0, 0.1) is 5.82 Å². The van der Waals surface area contributed by atoms with Gasteiger partial charge in [0.2, 0.25) is 0 Å². The first kappa shape index (κ1) is 23.5. The van der Waals surface area contributed by atoms with Crippen LogP contribution in [0.2, 0.25) is 0 Å². The maximum Gasteiger partial charge on any atom is 0.514 e. The maximum absolute atomic E-state index is 13.1. The topological polar surface area (TPSA) is 102 Å². The predicted molar refractivity (Wildman–Crippen MR) is 120 cm³/mol. The molecule has 1 amide bonds. The normalized spacial score (nSPS) is 10.9. The number of halogens is 1. The van der Waals surface area contributed by atoms with Gasteiger partial charge >= 0.3 is 12.1 Å². The van der Waals surface area contributed by atoms with Gasteiger partial charge in [0.1, 0.15) is 17.2 Å². The number of rotatable bonds is 5. The summed E-state index contributed by atoms with van der Waals surface area (Å²) in [4.78, 5) is 35.9. The number of carboxylic acid groups (broad SMARTS) is 1. The van der Waals surface area contributed by atoms with Gasteiger partial charge in [-0.05, 0) is 80.4 Å². The summed E-state index contributed by atoms with van der Waals surface area (Å²) >= 11 is 0. The Morgan fingerprint density at radius 3 is 2.06 bits per heavy atom. The van der Waals surface area contributed by atoms with E-state index in [1.807, 2.05) is 0 Å². The van der Waals surface area contributed by atoms with Crippen LogP contribution >= 0.6 is 0 Å². The molecular formula is C25H22FNO6. The van der Waals surface area contributed by atoms with Crippen molar-refractivity contribution in [3.63, 3.8) is 0 Å². The Morgan fingerprint density at radius 2 is 1.48 bits per heavy atom. The van der Waals surface area contributed by atoms with Crippen molar-refractivity contribution in [1.82, 2.24) is 0 Å². The number of carbonyl (C=O) groups is 3. The average molecular weight is 451 g/mol. The van der Waals surface area contributed by atoms with Crippen molar-refractivity contribution < 1.29 is 33.4 Å². The third kappa shape index (κ3) is 6.39. The number of hydrogen-bond donors (Lipinski definition) is 2. The van der Waals surface area contributed by atoms with Gasteiger partial charge in [-0.25, -0.2) is 14.0 Å². The Morgan fingerprint density at radius 1 is 0.879 bits per heavy atom. The van der Waals surface area contributed by atoms with E-state index in [-0.39, 0.29) is 22.6 Å². The highest BCUT2D eigenvalue weighted by Gasteiger charge is 2.18. The fourth-order valence-electron chi connectivity index (χ4n) is 2.89. The third-order valence-corrected chi connectivity index (χ3v) is 4.38. The summed E-state index contributed by atoms with van der Waals surface area (Å²) in [5.41, 5.74) is 0.806. The SMILES string of the molecule is CC(C)(C)OC(=O)Oc1ccc(-c2ccc(C(=O)O)c(NC(=O)c3ccc(F)cc3)c2)cc1. The van der Waals surface area contributed by atoms with Crippen molar-refractivity contribution >= 4 is 23.7 Å². The van der Waals surface area contributed by atoms with Crippen LogP contribution in [-0.2, 0) is 4.74 Å². The van der Waals surface area contributed by atoms with E-state index in [2.05, 4.69) is 5.32 Å². The van der Waals surface area contributed by atoms with Crippen LogP contribution in [0.3, 0.4) is 0 Å². The second-order valence-electron chi connectivity index (χ2n) is 8.12. The molecule has 8 heteroatoms. The molecule has 0 fully saturated rings. The van der Waals surface area contributed by atoms with Crippen molar-refractivity contribution in [3.05, 3.63) is 83.7 Å². The van der Waals surface area contributed by atoms with Gasteiger partial charge in [-0.15, -0.1) is 0 Å². The van der Waals surface area contributed by atoms with Crippen LogP contribution in [-0.4, -0.2) is 28.7 Å². The third-order valence-electron chi connectivity index (χ3n) is 4.38. The summed E-state index contributed by atoms with van der Waals surface area (Å²) < 4.78 is 23.4. The maximum atomic E-state index is 13.1. The molecule has 0 bridgehead atoms. The average Bonchev–Trinajstić information content (AvgIpc) is 2.73. The first-order chi connectivity index (χ1) is 15.5. The Hall–Kier alpha value is -4.20. The van der Waals surface area contributed by atoms with E-state index >= 15 is 0 Å². The molecule has 0 unspecified atom stereocenters. The second kappa shape index (κ2) is 9.52. The van der Waals surface area contributed by atoms with E-state index in [1.54, 1.807) is 51.1 Å². The van der Waals surface area contributed by atoms with Crippen LogP contribution < -0.4 is 10.1 Å². The van der Waals surface area contributed by atoms with Gasteiger partial charge in [-0.2, -0.15) is 0 Å². The van der Waals surface area contributed by atoms with Gasteiger partial charge in [0, 0.05) is 5.56 Å². The van der Waals surface area contributed by atoms with Gasteiger partial charge in [-0.1, -0.05) is 18.2 Å². The minimum Gasteiger partial charge on any atom is -0.478 e. The van der Waals surface area contributed by atoms with Crippen LogP contribution in [0.4, 0.5) is 14.9 Å². The van der Waals surface area contributed by atoms with Gasteiger partial charge in [0.25, 0.3) is 5.91 Å². The van der Waals surface area contributed by atoms with E-state index in [1.165, 1.54) is 24.3 Å². The van der Waals surface area contributed by atoms with E-state index in [0.717, 1.165) is 12.1 Å². The number of aromatic carboxylic acids is 1. The van der Waals surface area contributed by atoms with Crippen molar-refractivity contribution in [2.24, 2.45) is 0 Å². The molecule has 0 aliphatic carbocycles. The monoisotopic (exact) mass is 451 g/mol. The summed E-state index contributed by atoms with van der Waals surface area (Å²) in [6.45, 7) is 5.18. The van der Waals surface area contributed by atoms with Crippen LogP contribution in [0.15, 0.2) is 66.7 Å². The molecule has 0 saturated carbocycles. The minimum absolute atomic E-state index is 0.0865. The van der Waals surface area contributed by atoms with Crippen LogP contribution in [0.5, 0.6) is 5.75 Å². The largest absolute Gasteiger partial charge is 0.514 e. The standard InChI is InChI=1S/C25H22FNO6/c1-25(2,3)33-24(31)32-19-11-6-15(7-12-19)17-8-13-20(23(29)30)21(14-17)27-22(28)16-4-9-18(26)10-5-16/h4-14H,1-3H3,(H,27,28)(H,29,30). The molecule has 0 aromatic heterocycles. The van der Waals surface area contributed by atoms with Crippen molar-refractivity contribution in [2.75, 3.05) is 5.32 Å². The zero-order chi connectivity index (χ0) is 24.2. The Labute approximate surface area is 189 Å². The zero-order valence-electron chi connectivity index (χ0n) is 18.2. The molecule has 3 aromatic rings. The lowest BCUT2D eigenvalue weighted by Crippen LogP contribution is -2.25. The van der Waals surface area contributed by atoms with Gasteiger partial charge < -0.3 is 19.9 Å². The van der Waals surface area contributed by atoms with Crippen LogP contribution in [0.1, 0.15) is 41.5 Å². The quantitative estimate of drug-likeness (QED) is 0.378. The molecule has 3 rings (SSSR count). The molecule has 0 aliphatic heterocycles. The van der Waals surface area contributed by atoms with Gasteiger partial charge in [0.15, 0.2) is 0 Å². The number of carbonyl (C=O) groups excluding carboxylic acids is 2. The molecule has 33 heavy (non-hydrogen) atoms. The highest BCUT2D eigenvalue weighted by atomic mass is 19.1. The highest BCUT2D eigenvalue weighted by molar-refractivity contribution is 6.08. The highest BCUT2D eigenvalue weighted by Crippen LogP contribution is 2.28. The lowest BCUT2D eigenvalue weighted by Gasteiger charge is -2.18. The fraction of sp³-hybridized carbons (Fsp3) is 0.160. The molecule has 7 nitrogen and oxygen atoms in total. The van der Waals surface area contributed by atoms with Gasteiger partial charge in [-0.3, -0.25) is 4.79 Å². The minimum atomic E-state index is -1.21. The van der Waals surface area contributed by atoms with E-state index in [4.69, 9.17) is 9.47 Å². The number of amides is 1. The summed E-state index contributed by atoms with van der Waals surface area (Å²) in [5, 5.41) is 12.1. The van der Waals surface area contributed by atoms with E-state index < -0.39 is 29.5 Å². The Balaban J connectivity index is 1.82. The molecule has 2 N–H and O–H groups in total. The molecule has 0 radical (unpaired) electrons. The van der Waals surface area contributed by atoms with E-state index in [9.17, 15) is 23.9 Å². The van der Waals surface area contributed by atoms with Crippen molar-refractivity contribution in [1.29, 1.82) is 0 Å². The smallest absolute Gasteiger partial charge is 0.478 e. The lowest BCUT2D eigenvalue weighted by molar-refractivity contribution is 0.0206. The number of nitrogens with one attached hydrogen (secondary N) is 1. The van der Waals surface area contributed by atoms with Crippen molar-refractivity contribution in [3.8, 4) is 16.9 Å². The number of hydrogen-bond acceptors (Lipinski definition) is 5. The number of benzene rings is 3. The molecule has 0 spiro atoms. The van der Waals surface area contributed by atoms with Crippen molar-refractivity contribution in [2.45, 2.75) is 26.4 Å². The zero-order valence-corrected chi connectivity index (χ0v) is 18.2. The first-order valence-corrected chi connectivity index (χ1v) is 9.97. The summed E-state index contributed by atoms with van der Waals surface area (Å²) in [6.07, 6.45) is -0.827. The molecule has 170 valence electrons. The summed E-state index contributed by atoms with van der Waals surface area (Å²) in [7, 11) is 0. The predicted octanol–water partition coefficient (Wildman–Crippen LogP) is 5.76. The first-order valence-electron chi connectivity index (χ1n) is 9.97. The molecule has 3 aromatic carbocycles. The lowest BCUT2D eigenvalue weighted by atomic mass is 10.0. The molecular weight excluding hydrogens is 429 g/mol. The summed E-state index contributed by atoms with van der Waals surface area (Å²) in [5.74, 6) is -1.99. The van der Waals surface area contributed by atoms with Crippen LogP contribution in [0.25, 0.3) is 11.1 Å². The number of ether oxygens (including phenoxy) is 2. The summed E-state index contributed by atoms with van der Waals surface area (Å²) in [6, 6.07) is 15.9. The van der Waals surface area contributed by atoms with E-state index in [0.29, 0.717) is 11.1 Å². The molecule has 0 aliphatic rings. The molecule has 0 heterocycles. The number of anilines is 1. The Kier molecular flexibility index (Phi) is 6.77. The second-order valence-corrected chi connectivity index (χ2v) is 8.12.